The first-order valence-corrected chi connectivity index (χ1v) is 4.32. The lowest BCUT2D eigenvalue weighted by molar-refractivity contribution is 0.0995. The molecule has 0 bridgehead atoms. The number of aryl methyl sites for hydroxylation is 1. The Morgan fingerprint density at radius 1 is 1.47 bits per heavy atom. The number of primary amides is 1. The van der Waals surface area contributed by atoms with Gasteiger partial charge in [0.2, 0.25) is 0 Å². The Morgan fingerprint density at radius 3 is 2.87 bits per heavy atom. The van der Waals surface area contributed by atoms with Crippen LogP contribution in [0.5, 0.6) is 0 Å². The van der Waals surface area contributed by atoms with Crippen molar-refractivity contribution in [3.05, 3.63) is 29.8 Å². The molecule has 0 atom stereocenters. The molecule has 3 N–H and O–H groups in total. The summed E-state index contributed by atoms with van der Waals surface area (Å²) < 4.78 is 0. The van der Waals surface area contributed by atoms with E-state index in [0.717, 1.165) is 0 Å². The fourth-order valence-electron chi connectivity index (χ4n) is 1.18. The van der Waals surface area contributed by atoms with Crippen LogP contribution in [0.2, 0.25) is 0 Å². The lowest BCUT2D eigenvalue weighted by atomic mass is 10.2. The second-order valence-electron chi connectivity index (χ2n) is 3.02. The Labute approximate surface area is 85.6 Å². The molecule has 0 aliphatic carbocycles. The molecule has 0 aliphatic rings. The van der Waals surface area contributed by atoms with Gasteiger partial charge in [-0.25, -0.2) is 9.97 Å². The van der Waals surface area contributed by atoms with Crippen LogP contribution in [-0.2, 0) is 0 Å². The molecule has 0 aromatic carbocycles. The molecule has 76 valence electrons. The quantitative estimate of drug-likeness (QED) is 0.732. The lowest BCUT2D eigenvalue weighted by Gasteiger charge is -1.94. The van der Waals surface area contributed by atoms with E-state index in [1.54, 1.807) is 25.3 Å². The topological polar surface area (TPSA) is 97.5 Å². The van der Waals surface area contributed by atoms with Crippen LogP contribution in [-0.4, -0.2) is 26.1 Å². The second kappa shape index (κ2) is 3.49. The van der Waals surface area contributed by atoms with E-state index in [1.807, 2.05) is 0 Å². The summed E-state index contributed by atoms with van der Waals surface area (Å²) in [6.07, 6.45) is 1.64. The number of carbonyl (C=O) groups is 1. The summed E-state index contributed by atoms with van der Waals surface area (Å²) in [7, 11) is 0. The fourth-order valence-corrected chi connectivity index (χ4v) is 1.18. The number of rotatable bonds is 2. The predicted octanol–water partition coefficient (Wildman–Crippen LogP) is 0.274. The summed E-state index contributed by atoms with van der Waals surface area (Å²) in [5, 5.41) is 6.47. The van der Waals surface area contributed by atoms with E-state index >= 15 is 0 Å². The summed E-state index contributed by atoms with van der Waals surface area (Å²) in [6, 6.07) is 3.28. The normalized spacial score (nSPS) is 10.2. The second-order valence-corrected chi connectivity index (χ2v) is 3.02. The molecule has 0 saturated carbocycles. The Kier molecular flexibility index (Phi) is 2.17. The Hall–Kier alpha value is -2.24. The van der Waals surface area contributed by atoms with Gasteiger partial charge in [0, 0.05) is 6.20 Å². The average Bonchev–Trinajstić information content (AvgIpc) is 2.66. The number of hydrogen-bond donors (Lipinski definition) is 2. The Balaban J connectivity index is 2.41. The third-order valence-electron chi connectivity index (χ3n) is 1.88. The van der Waals surface area contributed by atoms with Crippen LogP contribution < -0.4 is 5.73 Å². The standard InChI is InChI=1S/C9H9N5O/c1-5-11-3-2-6(12-5)7-4-8(9(10)15)14-13-7/h2-4H,1H3,(H2,10,15)(H,13,14). The third kappa shape index (κ3) is 1.83. The summed E-state index contributed by atoms with van der Waals surface area (Å²) >= 11 is 0. The van der Waals surface area contributed by atoms with Gasteiger partial charge in [-0.05, 0) is 19.1 Å². The van der Waals surface area contributed by atoms with Gasteiger partial charge in [-0.2, -0.15) is 5.10 Å². The number of aromatic nitrogens is 4. The molecular formula is C9H9N5O. The molecule has 0 aliphatic heterocycles. The molecule has 6 heteroatoms. The largest absolute Gasteiger partial charge is 0.364 e. The van der Waals surface area contributed by atoms with Gasteiger partial charge >= 0.3 is 0 Å². The SMILES string of the molecule is Cc1nccc(-c2cc(C(N)=O)[nH]n2)n1. The van der Waals surface area contributed by atoms with E-state index < -0.39 is 5.91 Å². The van der Waals surface area contributed by atoms with Crippen molar-refractivity contribution in [3.63, 3.8) is 0 Å². The zero-order valence-corrected chi connectivity index (χ0v) is 8.06. The van der Waals surface area contributed by atoms with Crippen LogP contribution in [0.3, 0.4) is 0 Å². The van der Waals surface area contributed by atoms with Crippen molar-refractivity contribution in [1.29, 1.82) is 0 Å². The molecule has 0 spiro atoms. The van der Waals surface area contributed by atoms with Crippen LogP contribution in [0.1, 0.15) is 16.3 Å². The van der Waals surface area contributed by atoms with Gasteiger partial charge in [0.05, 0.1) is 5.69 Å². The first-order chi connectivity index (χ1) is 7.16. The van der Waals surface area contributed by atoms with Crippen LogP contribution >= 0.6 is 0 Å². The number of H-pyrrole nitrogens is 1. The Morgan fingerprint density at radius 2 is 2.27 bits per heavy atom. The van der Waals surface area contributed by atoms with E-state index in [1.165, 1.54) is 0 Å². The molecule has 2 aromatic heterocycles. The van der Waals surface area contributed by atoms with Crippen LogP contribution in [0.4, 0.5) is 0 Å². The summed E-state index contributed by atoms with van der Waals surface area (Å²) in [5.74, 6) is 0.107. The first-order valence-electron chi connectivity index (χ1n) is 4.32. The highest BCUT2D eigenvalue weighted by Crippen LogP contribution is 2.13. The minimum absolute atomic E-state index is 0.265. The van der Waals surface area contributed by atoms with Crippen molar-refractivity contribution in [2.75, 3.05) is 0 Å². The maximum absolute atomic E-state index is 10.8. The number of hydrogen-bond acceptors (Lipinski definition) is 4. The van der Waals surface area contributed by atoms with Gasteiger partial charge in [0.1, 0.15) is 17.2 Å². The van der Waals surface area contributed by atoms with E-state index in [2.05, 4.69) is 20.2 Å². The molecule has 0 radical (unpaired) electrons. The molecule has 15 heavy (non-hydrogen) atoms. The van der Waals surface area contributed by atoms with Gasteiger partial charge in [0.25, 0.3) is 5.91 Å². The summed E-state index contributed by atoms with van der Waals surface area (Å²) in [6.45, 7) is 1.78. The highest BCUT2D eigenvalue weighted by molar-refractivity contribution is 5.91. The number of aromatic amines is 1. The van der Waals surface area contributed by atoms with E-state index in [0.29, 0.717) is 17.2 Å². The Bertz CT molecular complexity index is 505. The summed E-state index contributed by atoms with van der Waals surface area (Å²) in [5.41, 5.74) is 6.59. The fraction of sp³-hybridized carbons (Fsp3) is 0.111. The van der Waals surface area contributed by atoms with Crippen molar-refractivity contribution < 1.29 is 4.79 Å². The predicted molar refractivity (Wildman–Crippen MR) is 52.9 cm³/mol. The molecule has 0 fully saturated rings. The average molecular weight is 203 g/mol. The smallest absolute Gasteiger partial charge is 0.266 e. The number of carbonyl (C=O) groups excluding carboxylic acids is 1. The minimum atomic E-state index is -0.542. The van der Waals surface area contributed by atoms with Crippen molar-refractivity contribution in [3.8, 4) is 11.4 Å². The van der Waals surface area contributed by atoms with Crippen molar-refractivity contribution in [2.45, 2.75) is 6.92 Å². The van der Waals surface area contributed by atoms with Crippen molar-refractivity contribution in [2.24, 2.45) is 5.73 Å². The maximum atomic E-state index is 10.8. The van der Waals surface area contributed by atoms with Crippen LogP contribution in [0.15, 0.2) is 18.3 Å². The van der Waals surface area contributed by atoms with Gasteiger partial charge in [0.15, 0.2) is 0 Å². The van der Waals surface area contributed by atoms with Gasteiger partial charge in [-0.3, -0.25) is 9.89 Å². The van der Waals surface area contributed by atoms with Gasteiger partial charge in [-0.15, -0.1) is 0 Å². The molecule has 0 saturated heterocycles. The van der Waals surface area contributed by atoms with Crippen molar-refractivity contribution in [1.82, 2.24) is 20.2 Å². The van der Waals surface area contributed by atoms with E-state index in [4.69, 9.17) is 5.73 Å². The molecule has 2 rings (SSSR count). The number of nitrogens with one attached hydrogen (secondary N) is 1. The number of amides is 1. The lowest BCUT2D eigenvalue weighted by Crippen LogP contribution is -2.10. The van der Waals surface area contributed by atoms with E-state index in [9.17, 15) is 4.79 Å². The van der Waals surface area contributed by atoms with Crippen molar-refractivity contribution >= 4 is 5.91 Å². The van der Waals surface area contributed by atoms with E-state index in [-0.39, 0.29) is 5.69 Å². The molecule has 6 nitrogen and oxygen atoms in total. The zero-order valence-electron chi connectivity index (χ0n) is 8.06. The monoisotopic (exact) mass is 203 g/mol. The molecule has 1 amide bonds. The minimum Gasteiger partial charge on any atom is -0.364 e. The number of nitrogens with zero attached hydrogens (tertiary/aromatic N) is 3. The molecule has 0 unspecified atom stereocenters. The first kappa shape index (κ1) is 9.32. The van der Waals surface area contributed by atoms with Crippen LogP contribution in [0, 0.1) is 6.92 Å². The van der Waals surface area contributed by atoms with Crippen LogP contribution in [0.25, 0.3) is 11.4 Å². The third-order valence-corrected chi connectivity index (χ3v) is 1.88. The number of nitrogens with two attached hydrogens (primary N) is 1. The highest BCUT2D eigenvalue weighted by atomic mass is 16.1. The van der Waals surface area contributed by atoms with Gasteiger partial charge < -0.3 is 5.73 Å². The molecule has 2 heterocycles. The molecular weight excluding hydrogens is 194 g/mol. The summed E-state index contributed by atoms with van der Waals surface area (Å²) in [4.78, 5) is 19.0. The van der Waals surface area contributed by atoms with Gasteiger partial charge in [-0.1, -0.05) is 0 Å². The zero-order chi connectivity index (χ0) is 10.8. The maximum Gasteiger partial charge on any atom is 0.266 e. The molecule has 2 aromatic rings. The highest BCUT2D eigenvalue weighted by Gasteiger charge is 2.08.